The fourth-order valence-electron chi connectivity index (χ4n) is 2.35. The van der Waals surface area contributed by atoms with Crippen molar-refractivity contribution in [2.75, 3.05) is 18.5 Å². The fraction of sp³-hybridized carbons (Fsp3) is 0.286. The van der Waals surface area contributed by atoms with E-state index >= 15 is 0 Å². The van der Waals surface area contributed by atoms with Crippen LogP contribution in [0.2, 0.25) is 0 Å². The molecule has 0 bridgehead atoms. The molecule has 19 heavy (non-hydrogen) atoms. The van der Waals surface area contributed by atoms with Crippen LogP contribution in [0.25, 0.3) is 0 Å². The van der Waals surface area contributed by atoms with E-state index in [-0.39, 0.29) is 0 Å². The topological polar surface area (TPSA) is 41.1 Å². The number of hydrogen-bond acceptors (Lipinski definition) is 4. The Morgan fingerprint density at radius 3 is 2.79 bits per heavy atom. The SMILES string of the molecule is CN(c1ccccc1)c1nc(Br)nc2c1CNCC2. The lowest BCUT2D eigenvalue weighted by Gasteiger charge is -2.25. The third-order valence-corrected chi connectivity index (χ3v) is 3.70. The summed E-state index contributed by atoms with van der Waals surface area (Å²) in [7, 11) is 2.04. The summed E-state index contributed by atoms with van der Waals surface area (Å²) in [6.45, 7) is 1.81. The Bertz CT molecular complexity index is 585. The van der Waals surface area contributed by atoms with E-state index in [1.165, 1.54) is 5.56 Å². The lowest BCUT2D eigenvalue weighted by atomic mass is 10.1. The van der Waals surface area contributed by atoms with Gasteiger partial charge in [0.15, 0.2) is 4.73 Å². The number of halogens is 1. The Hall–Kier alpha value is -1.46. The zero-order chi connectivity index (χ0) is 13.2. The monoisotopic (exact) mass is 318 g/mol. The fourth-order valence-corrected chi connectivity index (χ4v) is 2.73. The van der Waals surface area contributed by atoms with Gasteiger partial charge >= 0.3 is 0 Å². The molecular weight excluding hydrogens is 304 g/mol. The number of hydrogen-bond donors (Lipinski definition) is 1. The zero-order valence-electron chi connectivity index (χ0n) is 10.7. The average Bonchev–Trinajstić information content (AvgIpc) is 2.46. The Morgan fingerprint density at radius 2 is 2.00 bits per heavy atom. The summed E-state index contributed by atoms with van der Waals surface area (Å²) in [5.74, 6) is 0.968. The summed E-state index contributed by atoms with van der Waals surface area (Å²) in [4.78, 5) is 11.2. The summed E-state index contributed by atoms with van der Waals surface area (Å²) in [6, 6.07) is 10.3. The standard InChI is InChI=1S/C14H15BrN4/c1-19(10-5-3-2-4-6-10)13-11-9-16-8-7-12(11)17-14(15)18-13/h2-6,16H,7-9H2,1H3. The van der Waals surface area contributed by atoms with Crippen molar-refractivity contribution in [1.82, 2.24) is 15.3 Å². The lowest BCUT2D eigenvalue weighted by molar-refractivity contribution is 0.623. The molecule has 0 atom stereocenters. The van der Waals surface area contributed by atoms with Gasteiger partial charge in [-0.2, -0.15) is 0 Å². The van der Waals surface area contributed by atoms with E-state index in [2.05, 4.69) is 48.2 Å². The van der Waals surface area contributed by atoms with Crippen molar-refractivity contribution in [3.63, 3.8) is 0 Å². The third-order valence-electron chi connectivity index (χ3n) is 3.35. The van der Waals surface area contributed by atoms with Gasteiger partial charge in [-0.25, -0.2) is 9.97 Å². The van der Waals surface area contributed by atoms with Crippen LogP contribution in [0, 0.1) is 0 Å². The molecule has 2 heterocycles. The summed E-state index contributed by atoms with van der Waals surface area (Å²) in [5, 5.41) is 3.39. The van der Waals surface area contributed by atoms with Gasteiger partial charge in [0.05, 0.1) is 5.69 Å². The molecule has 1 aliphatic rings. The predicted molar refractivity (Wildman–Crippen MR) is 79.6 cm³/mol. The Labute approximate surface area is 121 Å². The number of anilines is 2. The highest BCUT2D eigenvalue weighted by atomic mass is 79.9. The first kappa shape index (κ1) is 12.6. The van der Waals surface area contributed by atoms with Crippen LogP contribution in [0.15, 0.2) is 35.1 Å². The molecule has 0 radical (unpaired) electrons. The predicted octanol–water partition coefficient (Wildman–Crippen LogP) is 2.65. The highest BCUT2D eigenvalue weighted by Gasteiger charge is 2.19. The third kappa shape index (κ3) is 2.48. The number of nitrogens with zero attached hydrogens (tertiary/aromatic N) is 3. The number of nitrogens with one attached hydrogen (secondary N) is 1. The number of fused-ring (bicyclic) bond motifs is 1. The summed E-state index contributed by atoms with van der Waals surface area (Å²) in [6.07, 6.45) is 0.950. The number of aromatic nitrogens is 2. The van der Waals surface area contributed by atoms with Gasteiger partial charge in [-0.3, -0.25) is 0 Å². The van der Waals surface area contributed by atoms with Crippen LogP contribution in [-0.2, 0) is 13.0 Å². The van der Waals surface area contributed by atoms with Gasteiger partial charge in [-0.1, -0.05) is 18.2 Å². The van der Waals surface area contributed by atoms with Crippen LogP contribution in [0.5, 0.6) is 0 Å². The minimum Gasteiger partial charge on any atom is -0.329 e. The smallest absolute Gasteiger partial charge is 0.198 e. The van der Waals surface area contributed by atoms with Crippen molar-refractivity contribution in [2.45, 2.75) is 13.0 Å². The normalized spacial score (nSPS) is 14.0. The maximum Gasteiger partial charge on any atom is 0.198 e. The van der Waals surface area contributed by atoms with Crippen molar-refractivity contribution in [2.24, 2.45) is 0 Å². The maximum atomic E-state index is 4.55. The molecule has 1 aromatic carbocycles. The molecule has 0 saturated heterocycles. The Balaban J connectivity index is 2.07. The van der Waals surface area contributed by atoms with E-state index in [1.54, 1.807) is 0 Å². The lowest BCUT2D eigenvalue weighted by Crippen LogP contribution is -2.28. The summed E-state index contributed by atoms with van der Waals surface area (Å²) >= 11 is 3.41. The van der Waals surface area contributed by atoms with Crippen molar-refractivity contribution in [3.05, 3.63) is 46.3 Å². The molecule has 5 heteroatoms. The van der Waals surface area contributed by atoms with Crippen LogP contribution >= 0.6 is 15.9 Å². The second kappa shape index (κ2) is 5.27. The van der Waals surface area contributed by atoms with Gasteiger partial charge in [0, 0.05) is 37.8 Å². The molecule has 1 aromatic heterocycles. The minimum absolute atomic E-state index is 0.658. The van der Waals surface area contributed by atoms with E-state index in [0.717, 1.165) is 36.7 Å². The molecule has 0 amide bonds. The van der Waals surface area contributed by atoms with Gasteiger partial charge in [0.1, 0.15) is 5.82 Å². The zero-order valence-corrected chi connectivity index (χ0v) is 12.3. The van der Waals surface area contributed by atoms with E-state index in [0.29, 0.717) is 4.73 Å². The second-order valence-corrected chi connectivity index (χ2v) is 5.27. The Morgan fingerprint density at radius 1 is 1.21 bits per heavy atom. The van der Waals surface area contributed by atoms with E-state index in [1.807, 2.05) is 25.2 Å². The first-order valence-electron chi connectivity index (χ1n) is 6.30. The number of rotatable bonds is 2. The molecule has 0 aliphatic carbocycles. The van der Waals surface area contributed by atoms with Crippen molar-refractivity contribution in [1.29, 1.82) is 0 Å². The molecule has 2 aromatic rings. The van der Waals surface area contributed by atoms with E-state index in [9.17, 15) is 0 Å². The highest BCUT2D eigenvalue weighted by molar-refractivity contribution is 9.10. The molecule has 98 valence electrons. The Kier molecular flexibility index (Phi) is 3.48. The van der Waals surface area contributed by atoms with Crippen molar-refractivity contribution >= 4 is 27.4 Å². The largest absolute Gasteiger partial charge is 0.329 e. The molecule has 0 spiro atoms. The van der Waals surface area contributed by atoms with E-state index < -0.39 is 0 Å². The second-order valence-electron chi connectivity index (χ2n) is 4.56. The summed E-state index contributed by atoms with van der Waals surface area (Å²) in [5.41, 5.74) is 3.46. The van der Waals surface area contributed by atoms with Gasteiger partial charge in [0.25, 0.3) is 0 Å². The van der Waals surface area contributed by atoms with Gasteiger partial charge in [0.2, 0.25) is 0 Å². The number of para-hydroxylation sites is 1. The van der Waals surface area contributed by atoms with Crippen LogP contribution in [0.3, 0.4) is 0 Å². The average molecular weight is 319 g/mol. The molecule has 3 rings (SSSR count). The molecule has 1 N–H and O–H groups in total. The van der Waals surface area contributed by atoms with Crippen LogP contribution < -0.4 is 10.2 Å². The van der Waals surface area contributed by atoms with Crippen molar-refractivity contribution < 1.29 is 0 Å². The molecular formula is C14H15BrN4. The van der Waals surface area contributed by atoms with Gasteiger partial charge < -0.3 is 10.2 Å². The maximum absolute atomic E-state index is 4.55. The molecule has 0 saturated carbocycles. The van der Waals surface area contributed by atoms with E-state index in [4.69, 9.17) is 0 Å². The molecule has 1 aliphatic heterocycles. The van der Waals surface area contributed by atoms with Gasteiger partial charge in [-0.15, -0.1) is 0 Å². The molecule has 4 nitrogen and oxygen atoms in total. The van der Waals surface area contributed by atoms with Crippen molar-refractivity contribution in [3.8, 4) is 0 Å². The highest BCUT2D eigenvalue weighted by Crippen LogP contribution is 2.29. The van der Waals surface area contributed by atoms with Crippen LogP contribution in [0.4, 0.5) is 11.5 Å². The van der Waals surface area contributed by atoms with Crippen LogP contribution in [-0.4, -0.2) is 23.6 Å². The van der Waals surface area contributed by atoms with Gasteiger partial charge in [-0.05, 0) is 28.1 Å². The first-order valence-corrected chi connectivity index (χ1v) is 7.10. The van der Waals surface area contributed by atoms with Crippen LogP contribution in [0.1, 0.15) is 11.3 Å². The number of benzene rings is 1. The molecule has 0 unspecified atom stereocenters. The first-order chi connectivity index (χ1) is 9.25. The minimum atomic E-state index is 0.658. The quantitative estimate of drug-likeness (QED) is 0.864. The summed E-state index contributed by atoms with van der Waals surface area (Å²) < 4.78 is 0.658. The molecule has 0 fully saturated rings.